The molecule has 0 aromatic heterocycles. The summed E-state index contributed by atoms with van der Waals surface area (Å²) in [5.74, 6) is 0. The Bertz CT molecular complexity index is 79.6. The van der Waals surface area contributed by atoms with Gasteiger partial charge in [0.05, 0.1) is 12.2 Å². The summed E-state index contributed by atoms with van der Waals surface area (Å²) in [6.07, 6.45) is 2.19. The van der Waals surface area contributed by atoms with Crippen molar-refractivity contribution in [2.75, 3.05) is 0 Å². The fraction of sp³-hybridized carbons (Fsp3) is 0.889. The summed E-state index contributed by atoms with van der Waals surface area (Å²) < 4.78 is 10.9. The fourth-order valence-corrected chi connectivity index (χ4v) is 0.726. The van der Waals surface area contributed by atoms with Crippen LogP contribution in [-0.2, 0) is 9.47 Å². The molecule has 0 aromatic carbocycles. The Morgan fingerprint density at radius 1 is 0.909 bits per heavy atom. The van der Waals surface area contributed by atoms with Crippen LogP contribution < -0.4 is 0 Å². The maximum Gasteiger partial charge on any atom is 0.161 e. The second kappa shape index (κ2) is 5.56. The maximum absolute atomic E-state index is 5.43. The molecule has 0 aliphatic carbocycles. The van der Waals surface area contributed by atoms with Crippen LogP contribution in [0.2, 0.25) is 0 Å². The summed E-state index contributed by atoms with van der Waals surface area (Å²) in [5.41, 5.74) is 0. The van der Waals surface area contributed by atoms with Crippen molar-refractivity contribution in [2.24, 2.45) is 0 Å². The Morgan fingerprint density at radius 3 is 1.45 bits per heavy atom. The number of hydrogen-bond acceptors (Lipinski definition) is 2. The minimum atomic E-state index is -0.157. The number of ether oxygens (including phenoxy) is 2. The molecule has 0 rings (SSSR count). The molecule has 0 bridgehead atoms. The van der Waals surface area contributed by atoms with E-state index in [1.807, 2.05) is 41.0 Å². The van der Waals surface area contributed by atoms with Crippen molar-refractivity contribution < 1.29 is 9.47 Å². The van der Waals surface area contributed by atoms with Gasteiger partial charge in [0.25, 0.3) is 0 Å². The zero-order valence-electron chi connectivity index (χ0n) is 8.13. The average Bonchev–Trinajstić information content (AvgIpc) is 1.84. The summed E-state index contributed by atoms with van der Waals surface area (Å²) in [6, 6.07) is 0. The lowest BCUT2D eigenvalue weighted by molar-refractivity contribution is -0.161. The van der Waals surface area contributed by atoms with Crippen LogP contribution in [0.25, 0.3) is 0 Å². The molecule has 67 valence electrons. The van der Waals surface area contributed by atoms with Gasteiger partial charge in [0.2, 0.25) is 0 Å². The molecule has 0 unspecified atom stereocenters. The van der Waals surface area contributed by atoms with Crippen molar-refractivity contribution >= 4 is 0 Å². The quantitative estimate of drug-likeness (QED) is 0.573. The Balaban J connectivity index is 3.58. The summed E-state index contributed by atoms with van der Waals surface area (Å²) in [7, 11) is 0. The normalized spacial score (nSPS) is 12.0. The molecule has 2 heteroatoms. The molecule has 0 N–H and O–H groups in total. The summed E-state index contributed by atoms with van der Waals surface area (Å²) >= 11 is 0. The second-order valence-corrected chi connectivity index (χ2v) is 3.07. The highest BCUT2D eigenvalue weighted by Gasteiger charge is 2.10. The first kappa shape index (κ1) is 10.9. The minimum Gasteiger partial charge on any atom is -0.350 e. The van der Waals surface area contributed by atoms with E-state index in [1.165, 1.54) is 0 Å². The van der Waals surface area contributed by atoms with Gasteiger partial charge in [0.15, 0.2) is 6.29 Å². The predicted octanol–water partition coefficient (Wildman–Crippen LogP) is 2.39. The van der Waals surface area contributed by atoms with E-state index in [0.29, 0.717) is 0 Å². The Morgan fingerprint density at radius 2 is 1.27 bits per heavy atom. The summed E-state index contributed by atoms with van der Waals surface area (Å²) in [4.78, 5) is 0. The monoisotopic (exact) mass is 159 g/mol. The van der Waals surface area contributed by atoms with Crippen LogP contribution in [0.15, 0.2) is 0 Å². The third-order valence-electron chi connectivity index (χ3n) is 1.08. The molecule has 0 aliphatic heterocycles. The topological polar surface area (TPSA) is 18.5 Å². The summed E-state index contributed by atoms with van der Waals surface area (Å²) in [6.45, 7) is 9.94. The van der Waals surface area contributed by atoms with E-state index in [-0.39, 0.29) is 18.5 Å². The van der Waals surface area contributed by atoms with Crippen LogP contribution in [0.5, 0.6) is 0 Å². The largest absolute Gasteiger partial charge is 0.350 e. The SMILES string of the molecule is C[CH]C(OC(C)C)OC(C)C. The second-order valence-electron chi connectivity index (χ2n) is 3.07. The summed E-state index contributed by atoms with van der Waals surface area (Å²) in [5, 5.41) is 0. The van der Waals surface area contributed by atoms with E-state index in [2.05, 4.69) is 0 Å². The lowest BCUT2D eigenvalue weighted by Crippen LogP contribution is -2.24. The van der Waals surface area contributed by atoms with Gasteiger partial charge >= 0.3 is 0 Å². The fourth-order valence-electron chi connectivity index (χ4n) is 0.726. The first-order valence-electron chi connectivity index (χ1n) is 4.16. The standard InChI is InChI=1S/C9H19O2/c1-6-9(10-7(2)3)11-8(4)5/h6-9H,1-5H3. The van der Waals surface area contributed by atoms with Crippen molar-refractivity contribution in [1.29, 1.82) is 0 Å². The van der Waals surface area contributed by atoms with E-state index in [4.69, 9.17) is 9.47 Å². The molecular formula is C9H19O2. The van der Waals surface area contributed by atoms with Crippen LogP contribution in [-0.4, -0.2) is 18.5 Å². The number of rotatable bonds is 5. The molecular weight excluding hydrogens is 140 g/mol. The molecule has 0 saturated heterocycles. The van der Waals surface area contributed by atoms with Gasteiger partial charge < -0.3 is 9.47 Å². The van der Waals surface area contributed by atoms with Gasteiger partial charge in [-0.1, -0.05) is 6.92 Å². The third-order valence-corrected chi connectivity index (χ3v) is 1.08. The van der Waals surface area contributed by atoms with E-state index in [9.17, 15) is 0 Å². The zero-order valence-corrected chi connectivity index (χ0v) is 8.13. The molecule has 0 aromatic rings. The van der Waals surface area contributed by atoms with Gasteiger partial charge in [-0.2, -0.15) is 0 Å². The van der Waals surface area contributed by atoms with Crippen molar-refractivity contribution in [2.45, 2.75) is 53.1 Å². The Kier molecular flexibility index (Phi) is 5.51. The van der Waals surface area contributed by atoms with E-state index >= 15 is 0 Å². The first-order chi connectivity index (χ1) is 5.06. The van der Waals surface area contributed by atoms with E-state index in [0.717, 1.165) is 0 Å². The average molecular weight is 159 g/mol. The zero-order chi connectivity index (χ0) is 8.85. The smallest absolute Gasteiger partial charge is 0.161 e. The molecule has 11 heavy (non-hydrogen) atoms. The van der Waals surface area contributed by atoms with Crippen molar-refractivity contribution in [3.05, 3.63) is 6.42 Å². The first-order valence-corrected chi connectivity index (χ1v) is 4.16. The van der Waals surface area contributed by atoms with Gasteiger partial charge in [-0.15, -0.1) is 0 Å². The lowest BCUT2D eigenvalue weighted by atomic mass is 10.4. The molecule has 2 nitrogen and oxygen atoms in total. The molecule has 0 saturated carbocycles. The predicted molar refractivity (Wildman–Crippen MR) is 46.2 cm³/mol. The van der Waals surface area contributed by atoms with E-state index < -0.39 is 0 Å². The highest BCUT2D eigenvalue weighted by molar-refractivity contribution is 4.63. The van der Waals surface area contributed by atoms with Crippen molar-refractivity contribution in [3.8, 4) is 0 Å². The van der Waals surface area contributed by atoms with Crippen LogP contribution >= 0.6 is 0 Å². The Labute approximate surface area is 69.9 Å². The van der Waals surface area contributed by atoms with Crippen LogP contribution in [0, 0.1) is 6.42 Å². The lowest BCUT2D eigenvalue weighted by Gasteiger charge is -2.21. The minimum absolute atomic E-state index is 0.157. The molecule has 0 spiro atoms. The van der Waals surface area contributed by atoms with Crippen molar-refractivity contribution in [1.82, 2.24) is 0 Å². The van der Waals surface area contributed by atoms with E-state index in [1.54, 1.807) is 0 Å². The van der Waals surface area contributed by atoms with Crippen LogP contribution in [0.3, 0.4) is 0 Å². The van der Waals surface area contributed by atoms with Gasteiger partial charge in [0, 0.05) is 6.42 Å². The van der Waals surface area contributed by atoms with Crippen molar-refractivity contribution in [3.63, 3.8) is 0 Å². The molecule has 0 amide bonds. The third kappa shape index (κ3) is 6.32. The Hall–Kier alpha value is -0.0800. The van der Waals surface area contributed by atoms with Crippen LogP contribution in [0.1, 0.15) is 34.6 Å². The van der Waals surface area contributed by atoms with Crippen LogP contribution in [0.4, 0.5) is 0 Å². The highest BCUT2D eigenvalue weighted by Crippen LogP contribution is 2.05. The van der Waals surface area contributed by atoms with Gasteiger partial charge in [-0.05, 0) is 27.7 Å². The highest BCUT2D eigenvalue weighted by atomic mass is 16.7. The maximum atomic E-state index is 5.43. The molecule has 0 aliphatic rings. The number of hydrogen-bond donors (Lipinski definition) is 0. The molecule has 0 heterocycles. The van der Waals surface area contributed by atoms with Gasteiger partial charge in [0.1, 0.15) is 0 Å². The van der Waals surface area contributed by atoms with Gasteiger partial charge in [-0.3, -0.25) is 0 Å². The molecule has 1 radical (unpaired) electrons. The molecule has 0 atom stereocenters. The molecule has 0 fully saturated rings. The van der Waals surface area contributed by atoms with Gasteiger partial charge in [-0.25, -0.2) is 0 Å².